The van der Waals surface area contributed by atoms with Crippen molar-refractivity contribution in [1.82, 2.24) is 5.32 Å². The molecule has 0 saturated carbocycles. The number of halogens is 4. The van der Waals surface area contributed by atoms with E-state index in [9.17, 15) is 17.6 Å². The fourth-order valence-corrected chi connectivity index (χ4v) is 1.08. The Kier molecular flexibility index (Phi) is 4.12. The van der Waals surface area contributed by atoms with Gasteiger partial charge in [0, 0.05) is 6.54 Å². The minimum Gasteiger partial charge on any atom is -0.492 e. The van der Waals surface area contributed by atoms with Crippen molar-refractivity contribution in [2.75, 3.05) is 20.2 Å². The first-order valence-corrected chi connectivity index (χ1v) is 4.59. The van der Waals surface area contributed by atoms with E-state index in [-0.39, 0.29) is 12.4 Å². The van der Waals surface area contributed by atoms with Crippen LogP contribution in [-0.2, 0) is 6.18 Å². The Labute approximate surface area is 90.2 Å². The van der Waals surface area contributed by atoms with Gasteiger partial charge in [0.1, 0.15) is 18.2 Å². The van der Waals surface area contributed by atoms with E-state index in [0.717, 1.165) is 6.07 Å². The molecule has 0 heterocycles. The standard InChI is InChI=1S/C10H11F4NO/c1-15-4-5-16-7-2-3-9(11)8(6-7)10(12,13)14/h2-3,6,15H,4-5H2,1H3. The van der Waals surface area contributed by atoms with Crippen LogP contribution in [-0.4, -0.2) is 20.2 Å². The summed E-state index contributed by atoms with van der Waals surface area (Å²) in [6.45, 7) is 0.720. The minimum atomic E-state index is -4.70. The summed E-state index contributed by atoms with van der Waals surface area (Å²) < 4.78 is 54.8. The van der Waals surface area contributed by atoms with E-state index >= 15 is 0 Å². The summed E-state index contributed by atoms with van der Waals surface area (Å²) in [5, 5.41) is 2.77. The van der Waals surface area contributed by atoms with E-state index in [4.69, 9.17) is 4.74 Å². The molecule has 0 radical (unpaired) electrons. The molecular weight excluding hydrogens is 226 g/mol. The predicted molar refractivity (Wildman–Crippen MR) is 50.8 cm³/mol. The molecule has 0 aliphatic heterocycles. The van der Waals surface area contributed by atoms with Crippen molar-refractivity contribution < 1.29 is 22.3 Å². The van der Waals surface area contributed by atoms with Crippen molar-refractivity contribution >= 4 is 0 Å². The first kappa shape index (κ1) is 12.8. The van der Waals surface area contributed by atoms with Gasteiger partial charge in [0.15, 0.2) is 0 Å². The first-order chi connectivity index (χ1) is 7.45. The molecule has 0 aliphatic rings. The molecule has 1 rings (SSSR count). The molecule has 0 bridgehead atoms. The van der Waals surface area contributed by atoms with E-state index in [1.165, 1.54) is 6.07 Å². The van der Waals surface area contributed by atoms with Gasteiger partial charge in [0.2, 0.25) is 0 Å². The average Bonchev–Trinajstić information content (AvgIpc) is 2.19. The number of alkyl halides is 3. The zero-order valence-electron chi connectivity index (χ0n) is 8.57. The zero-order valence-corrected chi connectivity index (χ0v) is 8.57. The third-order valence-corrected chi connectivity index (χ3v) is 1.86. The third-order valence-electron chi connectivity index (χ3n) is 1.86. The summed E-state index contributed by atoms with van der Waals surface area (Å²) in [7, 11) is 1.69. The number of ether oxygens (including phenoxy) is 1. The predicted octanol–water partition coefficient (Wildman–Crippen LogP) is 2.44. The van der Waals surface area contributed by atoms with Gasteiger partial charge >= 0.3 is 6.18 Å². The molecule has 0 fully saturated rings. The molecule has 0 saturated heterocycles. The third kappa shape index (κ3) is 3.37. The normalized spacial score (nSPS) is 11.6. The Balaban J connectivity index is 2.82. The molecule has 1 aromatic carbocycles. The SMILES string of the molecule is CNCCOc1ccc(F)c(C(F)(F)F)c1. The maximum atomic E-state index is 12.9. The zero-order chi connectivity index (χ0) is 12.2. The number of likely N-dealkylation sites (N-methyl/N-ethyl adjacent to an activating group) is 1. The van der Waals surface area contributed by atoms with Crippen LogP contribution in [0.5, 0.6) is 5.75 Å². The van der Waals surface area contributed by atoms with Gasteiger partial charge in [-0.3, -0.25) is 0 Å². The van der Waals surface area contributed by atoms with E-state index in [0.29, 0.717) is 12.6 Å². The lowest BCUT2D eigenvalue weighted by atomic mass is 10.2. The highest BCUT2D eigenvalue weighted by atomic mass is 19.4. The summed E-state index contributed by atoms with van der Waals surface area (Å²) in [4.78, 5) is 0. The molecular formula is C10H11F4NO. The van der Waals surface area contributed by atoms with Gasteiger partial charge in [-0.05, 0) is 25.2 Å². The van der Waals surface area contributed by atoms with Crippen LogP contribution < -0.4 is 10.1 Å². The molecule has 0 amide bonds. The van der Waals surface area contributed by atoms with Crippen LogP contribution in [0.3, 0.4) is 0 Å². The Morgan fingerprint density at radius 2 is 2.00 bits per heavy atom. The molecule has 0 spiro atoms. The van der Waals surface area contributed by atoms with Gasteiger partial charge < -0.3 is 10.1 Å². The second-order valence-electron chi connectivity index (χ2n) is 3.09. The quantitative estimate of drug-likeness (QED) is 0.641. The number of hydrogen-bond acceptors (Lipinski definition) is 2. The van der Waals surface area contributed by atoms with Crippen molar-refractivity contribution in [3.05, 3.63) is 29.6 Å². The maximum absolute atomic E-state index is 12.9. The maximum Gasteiger partial charge on any atom is 0.419 e. The second kappa shape index (κ2) is 5.16. The number of rotatable bonds is 4. The number of benzene rings is 1. The van der Waals surface area contributed by atoms with Crippen LogP contribution in [0.25, 0.3) is 0 Å². The first-order valence-electron chi connectivity index (χ1n) is 4.59. The lowest BCUT2D eigenvalue weighted by Gasteiger charge is -2.11. The Bertz CT molecular complexity index is 351. The van der Waals surface area contributed by atoms with E-state index in [2.05, 4.69) is 5.32 Å². The van der Waals surface area contributed by atoms with E-state index < -0.39 is 17.6 Å². The van der Waals surface area contributed by atoms with E-state index in [1.54, 1.807) is 7.05 Å². The van der Waals surface area contributed by atoms with Crippen LogP contribution in [0.2, 0.25) is 0 Å². The Morgan fingerprint density at radius 3 is 2.56 bits per heavy atom. The lowest BCUT2D eigenvalue weighted by Crippen LogP contribution is -2.16. The van der Waals surface area contributed by atoms with E-state index in [1.807, 2.05) is 0 Å². The second-order valence-corrected chi connectivity index (χ2v) is 3.09. The highest BCUT2D eigenvalue weighted by Gasteiger charge is 2.34. The summed E-state index contributed by atoms with van der Waals surface area (Å²) >= 11 is 0. The van der Waals surface area contributed by atoms with Gasteiger partial charge in [-0.1, -0.05) is 0 Å². The summed E-state index contributed by atoms with van der Waals surface area (Å²) in [6, 6.07) is 2.57. The van der Waals surface area contributed by atoms with Gasteiger partial charge in [0.25, 0.3) is 0 Å². The van der Waals surface area contributed by atoms with Gasteiger partial charge in [-0.2, -0.15) is 13.2 Å². The summed E-state index contributed by atoms with van der Waals surface area (Å²) in [5.41, 5.74) is -1.31. The van der Waals surface area contributed by atoms with Crippen molar-refractivity contribution in [1.29, 1.82) is 0 Å². The topological polar surface area (TPSA) is 21.3 Å². The van der Waals surface area contributed by atoms with Gasteiger partial charge in [-0.15, -0.1) is 0 Å². The highest BCUT2D eigenvalue weighted by molar-refractivity contribution is 5.31. The van der Waals surface area contributed by atoms with Crippen molar-refractivity contribution in [3.8, 4) is 5.75 Å². The molecule has 2 nitrogen and oxygen atoms in total. The molecule has 1 N–H and O–H groups in total. The Morgan fingerprint density at radius 1 is 1.31 bits per heavy atom. The fourth-order valence-electron chi connectivity index (χ4n) is 1.08. The number of hydrogen-bond donors (Lipinski definition) is 1. The van der Waals surface area contributed by atoms with Crippen LogP contribution in [0.1, 0.15) is 5.56 Å². The van der Waals surface area contributed by atoms with Gasteiger partial charge in [0.05, 0.1) is 5.56 Å². The average molecular weight is 237 g/mol. The van der Waals surface area contributed by atoms with Crippen LogP contribution in [0.4, 0.5) is 17.6 Å². The smallest absolute Gasteiger partial charge is 0.419 e. The molecule has 90 valence electrons. The lowest BCUT2D eigenvalue weighted by molar-refractivity contribution is -0.140. The minimum absolute atomic E-state index is 0.00368. The monoisotopic (exact) mass is 237 g/mol. The van der Waals surface area contributed by atoms with Crippen molar-refractivity contribution in [3.63, 3.8) is 0 Å². The molecule has 0 atom stereocenters. The summed E-state index contributed by atoms with van der Waals surface area (Å²) in [6.07, 6.45) is -4.70. The van der Waals surface area contributed by atoms with Crippen LogP contribution in [0.15, 0.2) is 18.2 Å². The molecule has 6 heteroatoms. The molecule has 0 unspecified atom stereocenters. The number of nitrogens with one attached hydrogen (secondary N) is 1. The summed E-state index contributed by atoms with van der Waals surface area (Å²) in [5.74, 6) is -1.29. The van der Waals surface area contributed by atoms with Crippen molar-refractivity contribution in [2.45, 2.75) is 6.18 Å². The highest BCUT2D eigenvalue weighted by Crippen LogP contribution is 2.33. The largest absolute Gasteiger partial charge is 0.492 e. The molecule has 0 aromatic heterocycles. The van der Waals surface area contributed by atoms with Gasteiger partial charge in [-0.25, -0.2) is 4.39 Å². The molecule has 16 heavy (non-hydrogen) atoms. The van der Waals surface area contributed by atoms with Crippen LogP contribution in [0, 0.1) is 5.82 Å². The van der Waals surface area contributed by atoms with Crippen LogP contribution >= 0.6 is 0 Å². The molecule has 0 aliphatic carbocycles. The molecule has 1 aromatic rings. The fraction of sp³-hybridized carbons (Fsp3) is 0.400. The Hall–Kier alpha value is -1.30. The van der Waals surface area contributed by atoms with Crippen molar-refractivity contribution in [2.24, 2.45) is 0 Å².